The summed E-state index contributed by atoms with van der Waals surface area (Å²) in [6, 6.07) is 10.1. The number of nitrogens with two attached hydrogens (primary N) is 1. The highest BCUT2D eigenvalue weighted by molar-refractivity contribution is 5.85. The molecule has 1 saturated carbocycles. The van der Waals surface area contributed by atoms with E-state index >= 15 is 0 Å². The Hall–Kier alpha value is -1.06. The molecular formula is C15H23ClN2O. The van der Waals surface area contributed by atoms with Crippen LogP contribution >= 0.6 is 12.4 Å². The molecule has 1 unspecified atom stereocenters. The van der Waals surface area contributed by atoms with E-state index in [9.17, 15) is 4.79 Å². The van der Waals surface area contributed by atoms with Crippen LogP contribution in [0.2, 0.25) is 0 Å². The largest absolute Gasteiger partial charge is 0.353 e. The topological polar surface area (TPSA) is 55.1 Å². The van der Waals surface area contributed by atoms with E-state index in [1.807, 2.05) is 30.3 Å². The van der Waals surface area contributed by atoms with Crippen LogP contribution in [-0.4, -0.2) is 18.5 Å². The molecule has 106 valence electrons. The molecule has 4 heteroatoms. The Morgan fingerprint density at radius 2 is 1.84 bits per heavy atom. The van der Waals surface area contributed by atoms with E-state index in [0.717, 1.165) is 18.4 Å². The summed E-state index contributed by atoms with van der Waals surface area (Å²) < 4.78 is 0. The van der Waals surface area contributed by atoms with Gasteiger partial charge in [-0.25, -0.2) is 0 Å². The van der Waals surface area contributed by atoms with Gasteiger partial charge in [-0.3, -0.25) is 4.79 Å². The van der Waals surface area contributed by atoms with Crippen LogP contribution in [0.5, 0.6) is 0 Å². The standard InChI is InChI=1S/C15H22N2O.ClH/c16-11-14(12-7-3-1-4-8-12)15(18)17-13-9-5-2-6-10-13;/h1,3-4,7-8,13-14H,2,5-6,9-11,16H2,(H,17,18);1H. The zero-order valence-electron chi connectivity index (χ0n) is 11.2. The highest BCUT2D eigenvalue weighted by Crippen LogP contribution is 2.20. The normalized spacial score (nSPS) is 17.3. The summed E-state index contributed by atoms with van der Waals surface area (Å²) in [5.74, 6) is -0.135. The van der Waals surface area contributed by atoms with Crippen molar-refractivity contribution >= 4 is 18.3 Å². The van der Waals surface area contributed by atoms with Gasteiger partial charge in [-0.1, -0.05) is 49.6 Å². The van der Waals surface area contributed by atoms with E-state index in [-0.39, 0.29) is 24.2 Å². The van der Waals surface area contributed by atoms with E-state index in [0.29, 0.717) is 12.6 Å². The first-order chi connectivity index (χ1) is 8.81. The molecule has 1 aromatic carbocycles. The fourth-order valence-corrected chi connectivity index (χ4v) is 2.63. The molecule has 0 bridgehead atoms. The lowest BCUT2D eigenvalue weighted by Crippen LogP contribution is -2.41. The van der Waals surface area contributed by atoms with Gasteiger partial charge in [0.2, 0.25) is 5.91 Å². The van der Waals surface area contributed by atoms with Crippen molar-refractivity contribution in [1.29, 1.82) is 0 Å². The third kappa shape index (κ3) is 4.51. The quantitative estimate of drug-likeness (QED) is 0.892. The molecule has 1 fully saturated rings. The molecule has 1 aromatic rings. The second-order valence-electron chi connectivity index (χ2n) is 5.04. The molecule has 2 rings (SSSR count). The number of hydrogen-bond acceptors (Lipinski definition) is 2. The molecule has 0 aliphatic heterocycles. The molecule has 1 amide bonds. The van der Waals surface area contributed by atoms with E-state index < -0.39 is 0 Å². The average molecular weight is 283 g/mol. The number of halogens is 1. The van der Waals surface area contributed by atoms with E-state index in [1.54, 1.807) is 0 Å². The highest BCUT2D eigenvalue weighted by Gasteiger charge is 2.22. The van der Waals surface area contributed by atoms with Gasteiger partial charge in [-0.05, 0) is 18.4 Å². The van der Waals surface area contributed by atoms with Gasteiger partial charge in [0.1, 0.15) is 0 Å². The second kappa shape index (κ2) is 8.18. The zero-order chi connectivity index (χ0) is 12.8. The van der Waals surface area contributed by atoms with Crippen molar-refractivity contribution in [2.75, 3.05) is 6.54 Å². The maximum absolute atomic E-state index is 12.3. The van der Waals surface area contributed by atoms with Gasteiger partial charge in [0.25, 0.3) is 0 Å². The number of rotatable bonds is 4. The average Bonchev–Trinajstić information content (AvgIpc) is 2.42. The van der Waals surface area contributed by atoms with Crippen LogP contribution in [0.15, 0.2) is 30.3 Å². The Morgan fingerprint density at radius 1 is 1.21 bits per heavy atom. The second-order valence-corrected chi connectivity index (χ2v) is 5.04. The van der Waals surface area contributed by atoms with E-state index in [2.05, 4.69) is 5.32 Å². The van der Waals surface area contributed by atoms with Crippen LogP contribution in [0.25, 0.3) is 0 Å². The van der Waals surface area contributed by atoms with Gasteiger partial charge >= 0.3 is 0 Å². The molecule has 1 aliphatic carbocycles. The van der Waals surface area contributed by atoms with Crippen LogP contribution in [0, 0.1) is 0 Å². The minimum atomic E-state index is -0.215. The molecular weight excluding hydrogens is 260 g/mol. The monoisotopic (exact) mass is 282 g/mol. The third-order valence-corrected chi connectivity index (χ3v) is 3.71. The van der Waals surface area contributed by atoms with Crippen LogP contribution in [-0.2, 0) is 4.79 Å². The molecule has 1 aliphatic rings. The van der Waals surface area contributed by atoms with Crippen LogP contribution in [0.1, 0.15) is 43.6 Å². The summed E-state index contributed by atoms with van der Waals surface area (Å²) in [6.45, 7) is 0.364. The highest BCUT2D eigenvalue weighted by atomic mass is 35.5. The van der Waals surface area contributed by atoms with Gasteiger partial charge in [0.05, 0.1) is 5.92 Å². The summed E-state index contributed by atoms with van der Waals surface area (Å²) in [4.78, 5) is 12.3. The van der Waals surface area contributed by atoms with Crippen molar-refractivity contribution in [3.05, 3.63) is 35.9 Å². The summed E-state index contributed by atoms with van der Waals surface area (Å²) in [5.41, 5.74) is 6.76. The van der Waals surface area contributed by atoms with Crippen LogP contribution < -0.4 is 11.1 Å². The minimum absolute atomic E-state index is 0. The minimum Gasteiger partial charge on any atom is -0.353 e. The number of carbonyl (C=O) groups excluding carboxylic acids is 1. The first-order valence-corrected chi connectivity index (χ1v) is 6.86. The van der Waals surface area contributed by atoms with E-state index in [1.165, 1.54) is 19.3 Å². The van der Waals surface area contributed by atoms with E-state index in [4.69, 9.17) is 5.73 Å². The Labute approximate surface area is 121 Å². The van der Waals surface area contributed by atoms with Gasteiger partial charge in [-0.2, -0.15) is 0 Å². The Bertz CT molecular complexity index is 377. The van der Waals surface area contributed by atoms with Crippen molar-refractivity contribution in [3.8, 4) is 0 Å². The Morgan fingerprint density at radius 3 is 2.42 bits per heavy atom. The Kier molecular flexibility index (Phi) is 6.89. The summed E-state index contributed by atoms with van der Waals surface area (Å²) in [6.07, 6.45) is 5.97. The van der Waals surface area contributed by atoms with Crippen molar-refractivity contribution in [2.45, 2.75) is 44.1 Å². The number of nitrogens with one attached hydrogen (secondary N) is 1. The molecule has 0 spiro atoms. The lowest BCUT2D eigenvalue weighted by molar-refractivity contribution is -0.123. The molecule has 0 radical (unpaired) electrons. The molecule has 0 aromatic heterocycles. The predicted octanol–water partition coefficient (Wildman–Crippen LogP) is 2.60. The third-order valence-electron chi connectivity index (χ3n) is 3.71. The lowest BCUT2D eigenvalue weighted by Gasteiger charge is -2.25. The lowest BCUT2D eigenvalue weighted by atomic mass is 9.93. The fourth-order valence-electron chi connectivity index (χ4n) is 2.63. The Balaban J connectivity index is 0.00000180. The van der Waals surface area contributed by atoms with Gasteiger partial charge in [0.15, 0.2) is 0 Å². The fraction of sp³-hybridized carbons (Fsp3) is 0.533. The SMILES string of the molecule is Cl.NCC(C(=O)NC1CCCCC1)c1ccccc1. The number of amides is 1. The summed E-state index contributed by atoms with van der Waals surface area (Å²) in [5, 5.41) is 3.15. The molecule has 0 heterocycles. The van der Waals surface area contributed by atoms with Crippen molar-refractivity contribution in [1.82, 2.24) is 5.32 Å². The van der Waals surface area contributed by atoms with Gasteiger partial charge in [-0.15, -0.1) is 12.4 Å². The number of carbonyl (C=O) groups is 1. The summed E-state index contributed by atoms with van der Waals surface area (Å²) >= 11 is 0. The van der Waals surface area contributed by atoms with Crippen molar-refractivity contribution in [3.63, 3.8) is 0 Å². The molecule has 3 nitrogen and oxygen atoms in total. The van der Waals surface area contributed by atoms with Crippen molar-refractivity contribution in [2.24, 2.45) is 5.73 Å². The number of hydrogen-bond donors (Lipinski definition) is 2. The summed E-state index contributed by atoms with van der Waals surface area (Å²) in [7, 11) is 0. The van der Waals surface area contributed by atoms with Crippen LogP contribution in [0.4, 0.5) is 0 Å². The predicted molar refractivity (Wildman–Crippen MR) is 80.5 cm³/mol. The molecule has 0 saturated heterocycles. The molecule has 3 N–H and O–H groups in total. The molecule has 1 atom stereocenters. The van der Waals surface area contributed by atoms with Crippen molar-refractivity contribution < 1.29 is 4.79 Å². The van der Waals surface area contributed by atoms with Crippen LogP contribution in [0.3, 0.4) is 0 Å². The first-order valence-electron chi connectivity index (χ1n) is 6.86. The van der Waals surface area contributed by atoms with Gasteiger partial charge in [0, 0.05) is 12.6 Å². The number of benzene rings is 1. The smallest absolute Gasteiger partial charge is 0.229 e. The first kappa shape index (κ1) is 16.0. The maximum Gasteiger partial charge on any atom is 0.229 e. The zero-order valence-corrected chi connectivity index (χ0v) is 12.0. The van der Waals surface area contributed by atoms with Gasteiger partial charge < -0.3 is 11.1 Å². The maximum atomic E-state index is 12.3. The molecule has 19 heavy (non-hydrogen) atoms.